The molecule has 4 aliphatic rings. The third-order valence-corrected chi connectivity index (χ3v) is 10.1. The number of hydrogen-bond acceptors (Lipinski definition) is 5. The van der Waals surface area contributed by atoms with Crippen LogP contribution in [-0.4, -0.2) is 41.3 Å². The van der Waals surface area contributed by atoms with Gasteiger partial charge in [-0.2, -0.15) is 0 Å². The van der Waals surface area contributed by atoms with Gasteiger partial charge in [0.25, 0.3) is 0 Å². The molecule has 0 bridgehead atoms. The van der Waals surface area contributed by atoms with Gasteiger partial charge in [-0.05, 0) is 112 Å². The van der Waals surface area contributed by atoms with Crippen LogP contribution >= 0.6 is 0 Å². The van der Waals surface area contributed by atoms with E-state index in [-0.39, 0.29) is 16.9 Å². The standard InChI is InChI=1S/C26H44N2O3/c1-18(17-28-31-14-4-13-27)15-20-7-12-26(30)23-6-5-19-16-21(29)8-10-24(19,2)22(23)9-11-25(20,26)3/h15,17,19-23,29-30H,4-14,16,27H2,1-3H3/b18-15+,28-17+/t19-,20-,21+,22+,23-,24+,25-,26+/m1/s1. The largest absolute Gasteiger partial charge is 0.396 e. The zero-order valence-corrected chi connectivity index (χ0v) is 19.9. The molecule has 5 nitrogen and oxygen atoms in total. The molecule has 0 unspecified atom stereocenters. The van der Waals surface area contributed by atoms with Crippen LogP contribution in [0.5, 0.6) is 0 Å². The Kier molecular flexibility index (Phi) is 6.60. The molecule has 0 amide bonds. The number of allylic oxidation sites excluding steroid dienone is 2. The average molecular weight is 433 g/mol. The maximum absolute atomic E-state index is 12.2. The lowest BCUT2D eigenvalue weighted by atomic mass is 9.43. The quantitative estimate of drug-likeness (QED) is 0.329. The van der Waals surface area contributed by atoms with E-state index in [1.165, 1.54) is 12.8 Å². The molecule has 0 spiro atoms. The summed E-state index contributed by atoms with van der Waals surface area (Å²) in [5.41, 5.74) is 6.25. The third kappa shape index (κ3) is 3.89. The van der Waals surface area contributed by atoms with E-state index in [1.807, 2.05) is 6.21 Å². The van der Waals surface area contributed by atoms with E-state index >= 15 is 0 Å². The monoisotopic (exact) mass is 432 g/mol. The molecular weight excluding hydrogens is 388 g/mol. The number of nitrogens with zero attached hydrogens (tertiary/aromatic N) is 1. The van der Waals surface area contributed by atoms with Gasteiger partial charge in [0.05, 0.1) is 17.9 Å². The fraction of sp³-hybridized carbons (Fsp3) is 0.885. The van der Waals surface area contributed by atoms with E-state index in [0.717, 1.165) is 56.9 Å². The molecule has 0 heterocycles. The summed E-state index contributed by atoms with van der Waals surface area (Å²) in [6.07, 6.45) is 14.4. The van der Waals surface area contributed by atoms with Crippen molar-refractivity contribution >= 4 is 6.21 Å². The van der Waals surface area contributed by atoms with E-state index in [4.69, 9.17) is 10.6 Å². The predicted molar refractivity (Wildman–Crippen MR) is 125 cm³/mol. The molecule has 0 aromatic carbocycles. The predicted octanol–water partition coefficient (Wildman–Crippen LogP) is 4.42. The van der Waals surface area contributed by atoms with Crippen LogP contribution < -0.4 is 5.73 Å². The Bertz CT molecular complexity index is 709. The number of oxime groups is 1. The van der Waals surface area contributed by atoms with Crippen molar-refractivity contribution in [3.63, 3.8) is 0 Å². The minimum Gasteiger partial charge on any atom is -0.396 e. The second-order valence-electron chi connectivity index (χ2n) is 11.6. The molecule has 8 atom stereocenters. The first-order valence-corrected chi connectivity index (χ1v) is 12.7. The van der Waals surface area contributed by atoms with Crippen molar-refractivity contribution in [2.24, 2.45) is 45.4 Å². The Morgan fingerprint density at radius 2 is 1.90 bits per heavy atom. The Labute approximate surface area is 188 Å². The van der Waals surface area contributed by atoms with Crippen LogP contribution in [0.4, 0.5) is 0 Å². The second kappa shape index (κ2) is 8.79. The van der Waals surface area contributed by atoms with Crippen LogP contribution in [0.25, 0.3) is 0 Å². The topological polar surface area (TPSA) is 88.1 Å². The Balaban J connectivity index is 1.50. The Hall–Kier alpha value is -0.910. The third-order valence-electron chi connectivity index (χ3n) is 10.1. The minimum atomic E-state index is -0.573. The van der Waals surface area contributed by atoms with Gasteiger partial charge in [0, 0.05) is 5.41 Å². The smallest absolute Gasteiger partial charge is 0.118 e. The summed E-state index contributed by atoms with van der Waals surface area (Å²) in [5, 5.41) is 26.6. The highest BCUT2D eigenvalue weighted by molar-refractivity contribution is 5.77. The molecule has 4 saturated carbocycles. The number of aliphatic hydroxyl groups excluding tert-OH is 1. The molecule has 4 rings (SSSR count). The summed E-state index contributed by atoms with van der Waals surface area (Å²) < 4.78 is 0. The Morgan fingerprint density at radius 1 is 1.10 bits per heavy atom. The Morgan fingerprint density at radius 3 is 2.68 bits per heavy atom. The molecule has 5 heteroatoms. The van der Waals surface area contributed by atoms with Crippen LogP contribution in [0.1, 0.15) is 85.0 Å². The van der Waals surface area contributed by atoms with Gasteiger partial charge in [-0.15, -0.1) is 0 Å². The zero-order chi connectivity index (χ0) is 22.3. The molecule has 0 saturated heterocycles. The van der Waals surface area contributed by atoms with Crippen molar-refractivity contribution in [1.82, 2.24) is 0 Å². The number of rotatable bonds is 6. The second-order valence-corrected chi connectivity index (χ2v) is 11.6. The SMILES string of the molecule is CC(/C=N/OCCCN)=C\[C@H]1CC[C@]2(O)[C@@H]3CC[C@@H]4C[C@@H](O)CC[C@]4(C)[C@H]3CC[C@]12C. The van der Waals surface area contributed by atoms with Crippen molar-refractivity contribution in [1.29, 1.82) is 0 Å². The van der Waals surface area contributed by atoms with Gasteiger partial charge in [-0.1, -0.05) is 25.1 Å². The zero-order valence-electron chi connectivity index (χ0n) is 19.9. The molecule has 0 aliphatic heterocycles. The first-order chi connectivity index (χ1) is 14.7. The van der Waals surface area contributed by atoms with Crippen molar-refractivity contribution in [3.8, 4) is 0 Å². The number of nitrogens with two attached hydrogens (primary N) is 1. The summed E-state index contributed by atoms with van der Waals surface area (Å²) >= 11 is 0. The molecular formula is C26H44N2O3. The average Bonchev–Trinajstić information content (AvgIpc) is 2.99. The summed E-state index contributed by atoms with van der Waals surface area (Å²) in [7, 11) is 0. The maximum atomic E-state index is 12.2. The summed E-state index contributed by atoms with van der Waals surface area (Å²) in [5.74, 6) is 2.00. The highest BCUT2D eigenvalue weighted by Gasteiger charge is 2.66. The van der Waals surface area contributed by atoms with Crippen LogP contribution in [-0.2, 0) is 4.84 Å². The first kappa shape index (κ1) is 23.3. The summed E-state index contributed by atoms with van der Waals surface area (Å²) in [6.45, 7) is 8.08. The minimum absolute atomic E-state index is 0.0684. The fourth-order valence-corrected chi connectivity index (χ4v) is 8.19. The van der Waals surface area contributed by atoms with Crippen LogP contribution in [0.2, 0.25) is 0 Å². The molecule has 0 radical (unpaired) electrons. The molecule has 4 fully saturated rings. The molecule has 4 aliphatic carbocycles. The lowest BCUT2D eigenvalue weighted by molar-refractivity contribution is -0.207. The van der Waals surface area contributed by atoms with Gasteiger partial charge in [0.15, 0.2) is 0 Å². The van der Waals surface area contributed by atoms with Gasteiger partial charge >= 0.3 is 0 Å². The van der Waals surface area contributed by atoms with E-state index in [9.17, 15) is 10.2 Å². The van der Waals surface area contributed by atoms with E-state index < -0.39 is 5.60 Å². The van der Waals surface area contributed by atoms with Gasteiger partial charge in [-0.25, -0.2) is 0 Å². The van der Waals surface area contributed by atoms with Gasteiger partial charge in [-0.3, -0.25) is 0 Å². The normalized spacial score (nSPS) is 47.7. The molecule has 4 N–H and O–H groups in total. The number of hydrogen-bond donors (Lipinski definition) is 3. The van der Waals surface area contributed by atoms with Crippen LogP contribution in [0, 0.1) is 34.5 Å². The molecule has 31 heavy (non-hydrogen) atoms. The number of fused-ring (bicyclic) bond motifs is 5. The van der Waals surface area contributed by atoms with E-state index in [0.29, 0.717) is 36.8 Å². The van der Waals surface area contributed by atoms with Crippen LogP contribution in [0.3, 0.4) is 0 Å². The van der Waals surface area contributed by atoms with E-state index in [2.05, 4.69) is 32.0 Å². The van der Waals surface area contributed by atoms with Crippen molar-refractivity contribution < 1.29 is 15.1 Å². The van der Waals surface area contributed by atoms with Gasteiger partial charge < -0.3 is 20.8 Å². The molecule has 0 aromatic heterocycles. The van der Waals surface area contributed by atoms with Gasteiger partial charge in [0.1, 0.15) is 6.61 Å². The van der Waals surface area contributed by atoms with Crippen molar-refractivity contribution in [3.05, 3.63) is 11.6 Å². The molecule has 0 aromatic rings. The number of aliphatic hydroxyl groups is 2. The lowest BCUT2D eigenvalue weighted by Gasteiger charge is -2.63. The highest BCUT2D eigenvalue weighted by Crippen LogP contribution is 2.69. The maximum Gasteiger partial charge on any atom is 0.118 e. The molecule has 176 valence electrons. The van der Waals surface area contributed by atoms with Crippen molar-refractivity contribution in [2.45, 2.75) is 96.7 Å². The summed E-state index contributed by atoms with van der Waals surface area (Å²) in [6, 6.07) is 0. The van der Waals surface area contributed by atoms with Crippen molar-refractivity contribution in [2.75, 3.05) is 13.2 Å². The summed E-state index contributed by atoms with van der Waals surface area (Å²) in [4.78, 5) is 5.28. The van der Waals surface area contributed by atoms with Gasteiger partial charge in [0.2, 0.25) is 0 Å². The van der Waals surface area contributed by atoms with E-state index in [1.54, 1.807) is 0 Å². The lowest BCUT2D eigenvalue weighted by Crippen LogP contribution is -2.62. The highest BCUT2D eigenvalue weighted by atomic mass is 16.6. The fourth-order valence-electron chi connectivity index (χ4n) is 8.19. The van der Waals surface area contributed by atoms with Crippen LogP contribution in [0.15, 0.2) is 16.8 Å². The first-order valence-electron chi connectivity index (χ1n) is 12.7.